The predicted molar refractivity (Wildman–Crippen MR) is 130 cm³/mol. The molecule has 2 atom stereocenters. The molecule has 0 bridgehead atoms. The van der Waals surface area contributed by atoms with Crippen LogP contribution in [0.4, 0.5) is 0 Å². The largest absolute Gasteiger partial charge is 0.378 e. The molecular weight excluding hydrogens is 478 g/mol. The quantitative estimate of drug-likeness (QED) is 0.540. The Morgan fingerprint density at radius 1 is 1.21 bits per heavy atom. The molecule has 0 saturated carbocycles. The maximum Gasteiger partial charge on any atom is 0.245 e. The van der Waals surface area contributed by atoms with E-state index in [1.54, 1.807) is 42.2 Å². The third kappa shape index (κ3) is 4.70. The lowest BCUT2D eigenvalue weighted by molar-refractivity contribution is -0.146. The first-order chi connectivity index (χ1) is 16.2. The zero-order valence-corrected chi connectivity index (χ0v) is 20.6. The number of carbonyl (C=O) groups excluding carboxylic acids is 2. The van der Waals surface area contributed by atoms with Crippen LogP contribution in [-0.2, 0) is 24.3 Å². The molecule has 0 N–H and O–H groups in total. The number of benzene rings is 2. The fraction of sp³-hybridized carbons (Fsp3) is 0.417. The minimum atomic E-state index is -4.00. The van der Waals surface area contributed by atoms with E-state index in [1.165, 1.54) is 21.3 Å². The molecule has 2 heterocycles. The minimum Gasteiger partial charge on any atom is -0.378 e. The third-order valence-corrected chi connectivity index (χ3v) is 8.50. The highest BCUT2D eigenvalue weighted by Crippen LogP contribution is 2.29. The molecule has 0 aliphatic carbocycles. The number of hydrogen-bond donors (Lipinski definition) is 0. The van der Waals surface area contributed by atoms with E-state index in [2.05, 4.69) is 6.58 Å². The summed E-state index contributed by atoms with van der Waals surface area (Å²) in [6.45, 7) is 7.58. The summed E-state index contributed by atoms with van der Waals surface area (Å²) in [6, 6.07) is 8.46. The van der Waals surface area contributed by atoms with E-state index in [0.717, 1.165) is 10.8 Å². The molecule has 1 unspecified atom stereocenters. The standard InChI is InChI=1S/C24H28ClN3O5S/c1-3-9-28(34(31,32)21-7-5-18-15-20(25)6-4-19(18)16-21)22-8-10-27(24(22)30)17(2)23(29)26-11-13-33-14-12-26/h3-7,15-17,22H,1,8-14H2,2H3/t17-,22?/m0/s1. The lowest BCUT2D eigenvalue weighted by Gasteiger charge is -2.33. The van der Waals surface area contributed by atoms with Crippen molar-refractivity contribution in [1.29, 1.82) is 0 Å². The molecule has 2 aromatic carbocycles. The second-order valence-corrected chi connectivity index (χ2v) is 10.8. The highest BCUT2D eigenvalue weighted by atomic mass is 35.5. The molecule has 2 saturated heterocycles. The first kappa shape index (κ1) is 24.7. The van der Waals surface area contributed by atoms with Gasteiger partial charge >= 0.3 is 0 Å². The van der Waals surface area contributed by atoms with Crippen molar-refractivity contribution in [2.75, 3.05) is 39.4 Å². The van der Waals surface area contributed by atoms with Gasteiger partial charge in [0.1, 0.15) is 12.1 Å². The van der Waals surface area contributed by atoms with Gasteiger partial charge in [0.05, 0.1) is 18.1 Å². The Hall–Kier alpha value is -2.46. The number of likely N-dealkylation sites (tertiary alicyclic amines) is 1. The summed E-state index contributed by atoms with van der Waals surface area (Å²) in [5.41, 5.74) is 0. The van der Waals surface area contributed by atoms with Gasteiger partial charge in [-0.3, -0.25) is 9.59 Å². The molecule has 0 spiro atoms. The molecule has 0 aromatic heterocycles. The van der Waals surface area contributed by atoms with Crippen LogP contribution < -0.4 is 0 Å². The molecule has 34 heavy (non-hydrogen) atoms. The van der Waals surface area contributed by atoms with Gasteiger partial charge in [-0.25, -0.2) is 8.42 Å². The fourth-order valence-electron chi connectivity index (χ4n) is 4.53. The summed E-state index contributed by atoms with van der Waals surface area (Å²) in [4.78, 5) is 29.5. The predicted octanol–water partition coefficient (Wildman–Crippen LogP) is 2.52. The van der Waals surface area contributed by atoms with Crippen LogP contribution in [0.1, 0.15) is 13.3 Å². The van der Waals surface area contributed by atoms with E-state index in [-0.39, 0.29) is 23.3 Å². The number of nitrogens with zero attached hydrogens (tertiary/aromatic N) is 3. The SMILES string of the molecule is C=CCN(C1CCN([C@@H](C)C(=O)N2CCOCC2)C1=O)S(=O)(=O)c1ccc2cc(Cl)ccc2c1. The van der Waals surface area contributed by atoms with Crippen molar-refractivity contribution < 1.29 is 22.7 Å². The normalized spacial score (nSPS) is 20.2. The molecule has 4 rings (SSSR count). The summed E-state index contributed by atoms with van der Waals surface area (Å²) in [5, 5.41) is 2.11. The van der Waals surface area contributed by atoms with E-state index in [4.69, 9.17) is 16.3 Å². The molecular formula is C24H28ClN3O5S. The number of ether oxygens (including phenoxy) is 1. The number of amides is 2. The van der Waals surface area contributed by atoms with Crippen LogP contribution in [0.5, 0.6) is 0 Å². The van der Waals surface area contributed by atoms with Crippen molar-refractivity contribution in [3.8, 4) is 0 Å². The molecule has 8 nitrogen and oxygen atoms in total. The Morgan fingerprint density at radius 2 is 1.88 bits per heavy atom. The van der Waals surface area contributed by atoms with Gasteiger partial charge in [0.25, 0.3) is 0 Å². The zero-order valence-electron chi connectivity index (χ0n) is 19.0. The maximum atomic E-state index is 13.6. The van der Waals surface area contributed by atoms with Crippen molar-refractivity contribution in [1.82, 2.24) is 14.1 Å². The van der Waals surface area contributed by atoms with E-state index in [1.807, 2.05) is 0 Å². The lowest BCUT2D eigenvalue weighted by atomic mass is 10.1. The van der Waals surface area contributed by atoms with Crippen LogP contribution in [0.3, 0.4) is 0 Å². The number of sulfonamides is 1. The highest BCUT2D eigenvalue weighted by molar-refractivity contribution is 7.89. The molecule has 2 aliphatic heterocycles. The Labute approximate surface area is 204 Å². The van der Waals surface area contributed by atoms with E-state index in [0.29, 0.717) is 44.3 Å². The minimum absolute atomic E-state index is 0.0168. The number of hydrogen-bond acceptors (Lipinski definition) is 5. The molecule has 10 heteroatoms. The lowest BCUT2D eigenvalue weighted by Crippen LogP contribution is -2.53. The summed E-state index contributed by atoms with van der Waals surface area (Å²) < 4.78 is 33.7. The van der Waals surface area contributed by atoms with Crippen LogP contribution >= 0.6 is 11.6 Å². The number of halogens is 1. The van der Waals surface area contributed by atoms with E-state index >= 15 is 0 Å². The summed E-state index contributed by atoms with van der Waals surface area (Å²) in [5.74, 6) is -0.518. The van der Waals surface area contributed by atoms with Gasteiger partial charge < -0.3 is 14.5 Å². The first-order valence-electron chi connectivity index (χ1n) is 11.2. The summed E-state index contributed by atoms with van der Waals surface area (Å²) in [6.07, 6.45) is 1.77. The van der Waals surface area contributed by atoms with Gasteiger partial charge in [-0.15, -0.1) is 6.58 Å². The van der Waals surface area contributed by atoms with Crippen molar-refractivity contribution >= 4 is 44.2 Å². The molecule has 2 fully saturated rings. The highest BCUT2D eigenvalue weighted by Gasteiger charge is 2.44. The van der Waals surface area contributed by atoms with E-state index in [9.17, 15) is 18.0 Å². The Balaban J connectivity index is 1.58. The van der Waals surface area contributed by atoms with Gasteiger partial charge in [0, 0.05) is 31.2 Å². The van der Waals surface area contributed by atoms with Gasteiger partial charge in [-0.1, -0.05) is 29.8 Å². The van der Waals surface area contributed by atoms with Crippen molar-refractivity contribution in [2.24, 2.45) is 0 Å². The Kier molecular flexibility index (Phi) is 7.28. The van der Waals surface area contributed by atoms with Crippen molar-refractivity contribution in [3.05, 3.63) is 54.1 Å². The number of morpholine rings is 1. The Bertz CT molecular complexity index is 1210. The Morgan fingerprint density at radius 3 is 2.59 bits per heavy atom. The second-order valence-electron chi connectivity index (χ2n) is 8.47. The topological polar surface area (TPSA) is 87.2 Å². The summed E-state index contributed by atoms with van der Waals surface area (Å²) in [7, 11) is -4.00. The first-order valence-corrected chi connectivity index (χ1v) is 13.0. The monoisotopic (exact) mass is 505 g/mol. The molecule has 182 valence electrons. The van der Waals surface area contributed by atoms with Crippen LogP contribution in [-0.4, -0.2) is 85.8 Å². The van der Waals surface area contributed by atoms with Crippen LogP contribution in [0, 0.1) is 0 Å². The number of carbonyl (C=O) groups is 2. The van der Waals surface area contributed by atoms with Crippen LogP contribution in [0.25, 0.3) is 10.8 Å². The van der Waals surface area contributed by atoms with Gasteiger partial charge in [-0.05, 0) is 48.4 Å². The fourth-order valence-corrected chi connectivity index (χ4v) is 6.33. The van der Waals surface area contributed by atoms with Crippen molar-refractivity contribution in [2.45, 2.75) is 30.3 Å². The average molecular weight is 506 g/mol. The second kappa shape index (κ2) is 10.0. The molecule has 2 aromatic rings. The van der Waals surface area contributed by atoms with E-state index < -0.39 is 22.1 Å². The van der Waals surface area contributed by atoms with Gasteiger partial charge in [0.2, 0.25) is 21.8 Å². The van der Waals surface area contributed by atoms with Gasteiger partial charge in [0.15, 0.2) is 0 Å². The zero-order chi connectivity index (χ0) is 24.5. The number of fused-ring (bicyclic) bond motifs is 1. The maximum absolute atomic E-state index is 13.6. The molecule has 2 amide bonds. The van der Waals surface area contributed by atoms with Crippen LogP contribution in [0.2, 0.25) is 5.02 Å². The van der Waals surface area contributed by atoms with Gasteiger partial charge in [-0.2, -0.15) is 4.31 Å². The molecule has 0 radical (unpaired) electrons. The van der Waals surface area contributed by atoms with Crippen LogP contribution in [0.15, 0.2) is 53.9 Å². The smallest absolute Gasteiger partial charge is 0.245 e. The molecule has 2 aliphatic rings. The average Bonchev–Trinajstić information content (AvgIpc) is 3.22. The summed E-state index contributed by atoms with van der Waals surface area (Å²) >= 11 is 6.04. The van der Waals surface area contributed by atoms with Crippen molar-refractivity contribution in [3.63, 3.8) is 0 Å². The number of rotatable bonds is 7. The third-order valence-electron chi connectivity index (χ3n) is 6.40.